The van der Waals surface area contributed by atoms with Gasteiger partial charge in [0.25, 0.3) is 0 Å². The van der Waals surface area contributed by atoms with Crippen LogP contribution in [0.5, 0.6) is 0 Å². The Morgan fingerprint density at radius 3 is 2.70 bits per heavy atom. The van der Waals surface area contributed by atoms with Crippen molar-refractivity contribution in [1.82, 2.24) is 4.98 Å². The molecule has 0 spiro atoms. The van der Waals surface area contributed by atoms with E-state index >= 15 is 0 Å². The van der Waals surface area contributed by atoms with E-state index in [0.717, 1.165) is 0 Å². The van der Waals surface area contributed by atoms with Crippen LogP contribution in [0.25, 0.3) is 5.57 Å². The summed E-state index contributed by atoms with van der Waals surface area (Å²) >= 11 is 0. The van der Waals surface area contributed by atoms with Gasteiger partial charge in [0.2, 0.25) is 0 Å². The monoisotopic (exact) mass is 135 g/mol. The smallest absolute Gasteiger partial charge is 0.00807 e. The number of hydrogen-bond donors (Lipinski definition) is 1. The zero-order valence-electron chi connectivity index (χ0n) is 6.52. The molecule has 0 saturated carbocycles. The lowest BCUT2D eigenvalue weighted by atomic mass is 10.00. The molecule has 1 aromatic heterocycles. The predicted molar refractivity (Wildman–Crippen MR) is 44.7 cm³/mol. The molecule has 0 aliphatic rings. The number of aromatic amines is 1. The number of H-pyrrole nitrogens is 1. The first-order chi connectivity index (χ1) is 4.72. The molecule has 1 N–H and O–H groups in total. The normalized spacial score (nSPS) is 10.3. The second kappa shape index (κ2) is 2.74. The van der Waals surface area contributed by atoms with Gasteiger partial charge in [0.05, 0.1) is 0 Å². The third-order valence-electron chi connectivity index (χ3n) is 1.67. The van der Waals surface area contributed by atoms with Crippen LogP contribution in [-0.4, -0.2) is 4.98 Å². The third kappa shape index (κ3) is 1.29. The molecule has 1 heteroatoms. The van der Waals surface area contributed by atoms with Gasteiger partial charge in [-0.25, -0.2) is 0 Å². The second-order valence-corrected chi connectivity index (χ2v) is 2.78. The lowest BCUT2D eigenvalue weighted by molar-refractivity contribution is 0.858. The fourth-order valence-electron chi connectivity index (χ4n) is 0.857. The second-order valence-electron chi connectivity index (χ2n) is 2.78. The van der Waals surface area contributed by atoms with E-state index in [2.05, 4.69) is 25.4 Å². The van der Waals surface area contributed by atoms with Crippen molar-refractivity contribution in [2.75, 3.05) is 0 Å². The first-order valence-electron chi connectivity index (χ1n) is 3.53. The fourth-order valence-corrected chi connectivity index (χ4v) is 0.857. The van der Waals surface area contributed by atoms with Crippen LogP contribution in [0.1, 0.15) is 19.4 Å². The summed E-state index contributed by atoms with van der Waals surface area (Å²) in [5.41, 5.74) is 2.41. The Kier molecular flexibility index (Phi) is 1.95. The minimum atomic E-state index is 0.538. The minimum Gasteiger partial charge on any atom is -0.367 e. The Morgan fingerprint density at radius 1 is 1.60 bits per heavy atom. The molecule has 0 fully saturated rings. The standard InChI is InChI=1S/C9H13N/c1-7(2)8(3)9-4-5-10-6-9/h4-7,10H,3H2,1-2H3. The molecule has 0 atom stereocenters. The molecular formula is C9H13N. The van der Waals surface area contributed by atoms with Crippen LogP contribution in [0.15, 0.2) is 25.0 Å². The van der Waals surface area contributed by atoms with E-state index in [-0.39, 0.29) is 0 Å². The molecule has 1 rings (SSSR count). The molecule has 0 aliphatic carbocycles. The molecule has 54 valence electrons. The van der Waals surface area contributed by atoms with Gasteiger partial charge in [-0.1, -0.05) is 20.4 Å². The van der Waals surface area contributed by atoms with E-state index in [1.54, 1.807) is 0 Å². The molecule has 0 aromatic carbocycles. The average Bonchev–Trinajstić information content (AvgIpc) is 2.36. The van der Waals surface area contributed by atoms with E-state index in [1.165, 1.54) is 11.1 Å². The van der Waals surface area contributed by atoms with Gasteiger partial charge in [0.1, 0.15) is 0 Å². The molecule has 0 bridgehead atoms. The van der Waals surface area contributed by atoms with Crippen molar-refractivity contribution < 1.29 is 0 Å². The Hall–Kier alpha value is -0.980. The summed E-state index contributed by atoms with van der Waals surface area (Å²) in [6, 6.07) is 2.04. The van der Waals surface area contributed by atoms with E-state index in [4.69, 9.17) is 0 Å². The van der Waals surface area contributed by atoms with Crippen molar-refractivity contribution in [1.29, 1.82) is 0 Å². The molecule has 1 nitrogen and oxygen atoms in total. The summed E-state index contributed by atoms with van der Waals surface area (Å²) in [5, 5.41) is 0. The Bertz CT molecular complexity index is 207. The van der Waals surface area contributed by atoms with Crippen molar-refractivity contribution in [2.24, 2.45) is 5.92 Å². The summed E-state index contributed by atoms with van der Waals surface area (Å²) in [7, 11) is 0. The quantitative estimate of drug-likeness (QED) is 0.641. The van der Waals surface area contributed by atoms with Crippen LogP contribution in [0.3, 0.4) is 0 Å². The summed E-state index contributed by atoms with van der Waals surface area (Å²) < 4.78 is 0. The fraction of sp³-hybridized carbons (Fsp3) is 0.333. The van der Waals surface area contributed by atoms with Gasteiger partial charge < -0.3 is 4.98 Å². The maximum Gasteiger partial charge on any atom is 0.00807 e. The van der Waals surface area contributed by atoms with Gasteiger partial charge in [-0.15, -0.1) is 0 Å². The van der Waals surface area contributed by atoms with Crippen LogP contribution in [0.4, 0.5) is 0 Å². The highest BCUT2D eigenvalue weighted by Gasteiger charge is 2.01. The number of rotatable bonds is 2. The predicted octanol–water partition coefficient (Wildman–Crippen LogP) is 2.68. The first-order valence-corrected chi connectivity index (χ1v) is 3.53. The molecule has 0 radical (unpaired) electrons. The zero-order valence-corrected chi connectivity index (χ0v) is 6.52. The number of aromatic nitrogens is 1. The van der Waals surface area contributed by atoms with Crippen LogP contribution in [0.2, 0.25) is 0 Å². The van der Waals surface area contributed by atoms with Gasteiger partial charge in [0.15, 0.2) is 0 Å². The van der Waals surface area contributed by atoms with E-state index < -0.39 is 0 Å². The highest BCUT2D eigenvalue weighted by atomic mass is 14.6. The number of allylic oxidation sites excluding steroid dienone is 1. The summed E-state index contributed by atoms with van der Waals surface area (Å²) in [5.74, 6) is 0.538. The van der Waals surface area contributed by atoms with E-state index in [0.29, 0.717) is 5.92 Å². The average molecular weight is 135 g/mol. The molecule has 0 saturated heterocycles. The lowest BCUT2D eigenvalue weighted by Gasteiger charge is -2.05. The Labute approximate surface area is 61.8 Å². The molecular weight excluding hydrogens is 122 g/mol. The molecule has 0 unspecified atom stereocenters. The highest BCUT2D eigenvalue weighted by Crippen LogP contribution is 2.19. The van der Waals surface area contributed by atoms with Gasteiger partial charge in [0, 0.05) is 12.4 Å². The van der Waals surface area contributed by atoms with Crippen molar-refractivity contribution in [3.63, 3.8) is 0 Å². The molecule has 1 heterocycles. The highest BCUT2D eigenvalue weighted by molar-refractivity contribution is 5.63. The number of nitrogens with one attached hydrogen (secondary N) is 1. The van der Waals surface area contributed by atoms with Crippen LogP contribution in [0, 0.1) is 5.92 Å². The number of hydrogen-bond acceptors (Lipinski definition) is 0. The molecule has 0 amide bonds. The topological polar surface area (TPSA) is 15.8 Å². The lowest BCUT2D eigenvalue weighted by Crippen LogP contribution is -1.88. The Balaban J connectivity index is 2.78. The largest absolute Gasteiger partial charge is 0.367 e. The molecule has 10 heavy (non-hydrogen) atoms. The minimum absolute atomic E-state index is 0.538. The van der Waals surface area contributed by atoms with Crippen LogP contribution < -0.4 is 0 Å². The van der Waals surface area contributed by atoms with Crippen molar-refractivity contribution in [2.45, 2.75) is 13.8 Å². The van der Waals surface area contributed by atoms with Gasteiger partial charge in [-0.3, -0.25) is 0 Å². The zero-order chi connectivity index (χ0) is 7.56. The molecule has 0 aliphatic heterocycles. The van der Waals surface area contributed by atoms with E-state index in [1.807, 2.05) is 18.5 Å². The summed E-state index contributed by atoms with van der Waals surface area (Å²) in [6.45, 7) is 8.27. The SMILES string of the molecule is C=C(c1cc[nH]c1)C(C)C. The molecule has 1 aromatic rings. The van der Waals surface area contributed by atoms with Gasteiger partial charge >= 0.3 is 0 Å². The maximum atomic E-state index is 3.98. The van der Waals surface area contributed by atoms with Gasteiger partial charge in [-0.05, 0) is 23.1 Å². The van der Waals surface area contributed by atoms with E-state index in [9.17, 15) is 0 Å². The van der Waals surface area contributed by atoms with Crippen molar-refractivity contribution in [3.8, 4) is 0 Å². The van der Waals surface area contributed by atoms with Crippen LogP contribution in [-0.2, 0) is 0 Å². The third-order valence-corrected chi connectivity index (χ3v) is 1.67. The summed E-state index contributed by atoms with van der Waals surface area (Å²) in [4.78, 5) is 3.00. The van der Waals surface area contributed by atoms with Crippen molar-refractivity contribution >= 4 is 5.57 Å². The first kappa shape index (κ1) is 7.13. The van der Waals surface area contributed by atoms with Gasteiger partial charge in [-0.2, -0.15) is 0 Å². The van der Waals surface area contributed by atoms with Crippen molar-refractivity contribution in [3.05, 3.63) is 30.6 Å². The Morgan fingerprint density at radius 2 is 2.30 bits per heavy atom. The van der Waals surface area contributed by atoms with Crippen LogP contribution >= 0.6 is 0 Å². The summed E-state index contributed by atoms with van der Waals surface area (Å²) in [6.07, 6.45) is 3.89. The maximum absolute atomic E-state index is 3.98.